The Balaban J connectivity index is 1.53. The quantitative estimate of drug-likeness (QED) is 0.817. The maximum absolute atomic E-state index is 6.06. The van der Waals surface area contributed by atoms with Crippen molar-refractivity contribution < 1.29 is 4.74 Å². The number of nitrogens with zero attached hydrogens (tertiary/aromatic N) is 3. The summed E-state index contributed by atoms with van der Waals surface area (Å²) in [7, 11) is 0. The Morgan fingerprint density at radius 2 is 2.17 bits per heavy atom. The van der Waals surface area contributed by atoms with Gasteiger partial charge in [0.15, 0.2) is 0 Å². The van der Waals surface area contributed by atoms with Crippen LogP contribution >= 0.6 is 0 Å². The highest BCUT2D eigenvalue weighted by Crippen LogP contribution is 2.22. The van der Waals surface area contributed by atoms with Gasteiger partial charge in [0.25, 0.3) is 0 Å². The number of hydrogen-bond acceptors (Lipinski definition) is 3. The van der Waals surface area contributed by atoms with Crippen LogP contribution in [0.1, 0.15) is 31.0 Å². The number of aromatic nitrogens is 2. The number of ether oxygens (including phenoxy) is 1. The van der Waals surface area contributed by atoms with Gasteiger partial charge in [0.2, 0.25) is 0 Å². The maximum Gasteiger partial charge on any atom is 0.122 e. The first-order valence-electron chi connectivity index (χ1n) is 8.66. The molecule has 4 heteroatoms. The van der Waals surface area contributed by atoms with Gasteiger partial charge in [-0.3, -0.25) is 4.90 Å². The number of rotatable bonds is 6. The number of likely N-dealkylation sites (tertiary alicyclic amines) is 1. The first-order valence-corrected chi connectivity index (χ1v) is 8.66. The summed E-state index contributed by atoms with van der Waals surface area (Å²) < 4.78 is 8.29. The van der Waals surface area contributed by atoms with Crippen molar-refractivity contribution in [3.8, 4) is 5.75 Å². The van der Waals surface area contributed by atoms with Crippen molar-refractivity contribution in [1.82, 2.24) is 14.5 Å². The molecule has 0 bridgehead atoms. The van der Waals surface area contributed by atoms with Gasteiger partial charge in [-0.05, 0) is 44.9 Å². The fourth-order valence-corrected chi connectivity index (χ4v) is 3.35. The van der Waals surface area contributed by atoms with E-state index in [1.807, 2.05) is 18.6 Å². The molecule has 2 heterocycles. The molecule has 1 aromatic carbocycles. The Bertz CT molecular complexity index is 623. The lowest BCUT2D eigenvalue weighted by Gasteiger charge is -2.32. The Morgan fingerprint density at radius 3 is 3.00 bits per heavy atom. The molecule has 1 aliphatic heterocycles. The fourth-order valence-electron chi connectivity index (χ4n) is 3.35. The van der Waals surface area contributed by atoms with Crippen LogP contribution in [0.25, 0.3) is 0 Å². The molecule has 23 heavy (non-hydrogen) atoms. The molecule has 1 saturated heterocycles. The summed E-state index contributed by atoms with van der Waals surface area (Å²) in [6.07, 6.45) is 6.44. The van der Waals surface area contributed by atoms with Crippen molar-refractivity contribution in [2.75, 3.05) is 19.7 Å². The van der Waals surface area contributed by atoms with Crippen LogP contribution in [0.5, 0.6) is 5.75 Å². The van der Waals surface area contributed by atoms with Crippen molar-refractivity contribution in [3.05, 3.63) is 48.0 Å². The van der Waals surface area contributed by atoms with E-state index >= 15 is 0 Å². The molecule has 1 aromatic heterocycles. The van der Waals surface area contributed by atoms with Crippen LogP contribution < -0.4 is 4.74 Å². The third-order valence-corrected chi connectivity index (χ3v) is 4.70. The van der Waals surface area contributed by atoms with Crippen molar-refractivity contribution in [2.45, 2.75) is 39.8 Å². The second-order valence-corrected chi connectivity index (χ2v) is 6.49. The van der Waals surface area contributed by atoms with Gasteiger partial charge in [-0.2, -0.15) is 0 Å². The van der Waals surface area contributed by atoms with E-state index in [0.717, 1.165) is 32.0 Å². The van der Waals surface area contributed by atoms with Crippen molar-refractivity contribution >= 4 is 0 Å². The average Bonchev–Trinajstić information content (AvgIpc) is 3.02. The van der Waals surface area contributed by atoms with Crippen LogP contribution in [0.15, 0.2) is 36.8 Å². The monoisotopic (exact) mass is 313 g/mol. The van der Waals surface area contributed by atoms with Crippen molar-refractivity contribution in [2.24, 2.45) is 5.92 Å². The van der Waals surface area contributed by atoms with Crippen LogP contribution in [-0.4, -0.2) is 34.1 Å². The predicted octanol–water partition coefficient (Wildman–Crippen LogP) is 3.50. The number of benzene rings is 1. The van der Waals surface area contributed by atoms with Gasteiger partial charge in [-0.1, -0.05) is 18.2 Å². The molecule has 0 spiro atoms. The van der Waals surface area contributed by atoms with E-state index in [1.165, 1.54) is 30.6 Å². The summed E-state index contributed by atoms with van der Waals surface area (Å²) in [5, 5.41) is 0. The number of imidazole rings is 1. The van der Waals surface area contributed by atoms with Crippen molar-refractivity contribution in [3.63, 3.8) is 0 Å². The minimum atomic E-state index is 0.612. The van der Waals surface area contributed by atoms with E-state index in [0.29, 0.717) is 5.92 Å². The van der Waals surface area contributed by atoms with Crippen LogP contribution in [0, 0.1) is 12.8 Å². The fraction of sp³-hybridized carbons (Fsp3) is 0.526. The molecule has 1 aliphatic rings. The van der Waals surface area contributed by atoms with Gasteiger partial charge >= 0.3 is 0 Å². The Labute approximate surface area is 139 Å². The molecule has 1 atom stereocenters. The maximum atomic E-state index is 6.06. The lowest BCUT2D eigenvalue weighted by molar-refractivity contribution is 0.123. The van der Waals surface area contributed by atoms with E-state index in [-0.39, 0.29) is 0 Å². The number of hydrogen-bond donors (Lipinski definition) is 0. The molecular formula is C19H27N3O. The summed E-state index contributed by atoms with van der Waals surface area (Å²) in [5.74, 6) is 1.63. The van der Waals surface area contributed by atoms with Crippen LogP contribution in [0.4, 0.5) is 0 Å². The van der Waals surface area contributed by atoms with E-state index in [4.69, 9.17) is 4.74 Å². The van der Waals surface area contributed by atoms with E-state index < -0.39 is 0 Å². The minimum absolute atomic E-state index is 0.612. The molecule has 1 unspecified atom stereocenters. The lowest BCUT2D eigenvalue weighted by Crippen LogP contribution is -2.37. The zero-order valence-electron chi connectivity index (χ0n) is 14.2. The van der Waals surface area contributed by atoms with Crippen LogP contribution in [-0.2, 0) is 13.1 Å². The highest BCUT2D eigenvalue weighted by molar-refractivity contribution is 5.31. The molecule has 0 radical (unpaired) electrons. The summed E-state index contributed by atoms with van der Waals surface area (Å²) in [4.78, 5) is 6.82. The minimum Gasteiger partial charge on any atom is -0.493 e. The normalized spacial score (nSPS) is 19.0. The molecule has 1 fully saturated rings. The molecule has 0 N–H and O–H groups in total. The topological polar surface area (TPSA) is 30.3 Å². The first-order chi connectivity index (χ1) is 11.3. The summed E-state index contributed by atoms with van der Waals surface area (Å²) in [5.41, 5.74) is 2.53. The Kier molecular flexibility index (Phi) is 5.34. The van der Waals surface area contributed by atoms with Gasteiger partial charge in [-0.15, -0.1) is 0 Å². The zero-order chi connectivity index (χ0) is 16.1. The second-order valence-electron chi connectivity index (χ2n) is 6.49. The third-order valence-electron chi connectivity index (χ3n) is 4.70. The van der Waals surface area contributed by atoms with Gasteiger partial charge in [0, 0.05) is 31.7 Å². The van der Waals surface area contributed by atoms with E-state index in [9.17, 15) is 0 Å². The molecular weight excluding hydrogens is 286 g/mol. The highest BCUT2D eigenvalue weighted by atomic mass is 16.5. The summed E-state index contributed by atoms with van der Waals surface area (Å²) >= 11 is 0. The Hall–Kier alpha value is -1.81. The summed E-state index contributed by atoms with van der Waals surface area (Å²) in [6.45, 7) is 9.36. The first kappa shape index (κ1) is 16.1. The Morgan fingerprint density at radius 1 is 1.30 bits per heavy atom. The van der Waals surface area contributed by atoms with Gasteiger partial charge in [-0.25, -0.2) is 4.98 Å². The average molecular weight is 313 g/mol. The van der Waals surface area contributed by atoms with Crippen molar-refractivity contribution in [1.29, 1.82) is 0 Å². The van der Waals surface area contributed by atoms with Gasteiger partial charge in [0.1, 0.15) is 5.75 Å². The van der Waals surface area contributed by atoms with Crippen LogP contribution in [0.3, 0.4) is 0 Å². The second kappa shape index (κ2) is 7.64. The molecule has 124 valence electrons. The lowest BCUT2D eigenvalue weighted by atomic mass is 9.99. The summed E-state index contributed by atoms with van der Waals surface area (Å²) in [6, 6.07) is 8.27. The smallest absolute Gasteiger partial charge is 0.122 e. The number of piperidine rings is 1. The van der Waals surface area contributed by atoms with Gasteiger partial charge < -0.3 is 9.30 Å². The van der Waals surface area contributed by atoms with Crippen LogP contribution in [0.2, 0.25) is 0 Å². The molecule has 0 amide bonds. The molecule has 0 saturated carbocycles. The molecule has 0 aliphatic carbocycles. The number of aryl methyl sites for hydroxylation is 2. The molecule has 4 nitrogen and oxygen atoms in total. The van der Waals surface area contributed by atoms with E-state index in [2.05, 4.69) is 46.5 Å². The van der Waals surface area contributed by atoms with E-state index in [1.54, 1.807) is 0 Å². The largest absolute Gasteiger partial charge is 0.493 e. The van der Waals surface area contributed by atoms with Gasteiger partial charge in [0.05, 0.1) is 18.6 Å². The third kappa shape index (κ3) is 4.14. The SMILES string of the molecule is CCn1cncc1CN1CCCC(COc2ccccc2C)C1. The molecule has 2 aromatic rings. The number of para-hydroxylation sites is 1. The predicted molar refractivity (Wildman–Crippen MR) is 92.6 cm³/mol. The molecule has 3 rings (SSSR count). The standard InChI is InChI=1S/C19H27N3O/c1-3-22-15-20-11-18(22)13-21-10-6-8-17(12-21)14-23-19-9-5-4-7-16(19)2/h4-5,7,9,11,15,17H,3,6,8,10,12-14H2,1-2H3. The highest BCUT2D eigenvalue weighted by Gasteiger charge is 2.21. The zero-order valence-corrected chi connectivity index (χ0v) is 14.2.